The van der Waals surface area contributed by atoms with Gasteiger partial charge in [0, 0.05) is 5.69 Å². The molecule has 0 saturated carbocycles. The molecular formula is C14H11ClF4N2O2. The number of halogens is 5. The van der Waals surface area contributed by atoms with Gasteiger partial charge >= 0.3 is 11.4 Å². The number of alkyl halides is 3. The summed E-state index contributed by atoms with van der Waals surface area (Å²) >= 11 is 4.49. The van der Waals surface area contributed by atoms with Gasteiger partial charge < -0.3 is 4.74 Å². The Morgan fingerprint density at radius 2 is 2.04 bits per heavy atom. The molecule has 0 fully saturated rings. The first kappa shape index (κ1) is 17.3. The van der Waals surface area contributed by atoms with Gasteiger partial charge in [-0.15, -0.1) is 0 Å². The molecule has 0 N–H and O–H groups in total. The molecular weight excluding hydrogens is 340 g/mol. The third kappa shape index (κ3) is 3.17. The SMILES string of the molecule is CCOC(=O)c1c(/C(F)=C(\F)C(F)(F)Cl)nc2cccc(C)n12. The van der Waals surface area contributed by atoms with E-state index in [0.29, 0.717) is 5.69 Å². The van der Waals surface area contributed by atoms with Crippen LogP contribution >= 0.6 is 11.6 Å². The van der Waals surface area contributed by atoms with Gasteiger partial charge in [0.05, 0.1) is 6.61 Å². The molecule has 0 radical (unpaired) electrons. The molecule has 0 atom stereocenters. The van der Waals surface area contributed by atoms with Crippen LogP contribution in [0.1, 0.15) is 28.8 Å². The number of allylic oxidation sites excluding steroid dienone is 1. The van der Waals surface area contributed by atoms with E-state index in [9.17, 15) is 22.4 Å². The van der Waals surface area contributed by atoms with Crippen LogP contribution in [-0.2, 0) is 4.74 Å². The fourth-order valence-corrected chi connectivity index (χ4v) is 2.11. The zero-order valence-electron chi connectivity index (χ0n) is 12.0. The van der Waals surface area contributed by atoms with Gasteiger partial charge in [0.15, 0.2) is 11.5 Å². The fourth-order valence-electron chi connectivity index (χ4n) is 2.02. The summed E-state index contributed by atoms with van der Waals surface area (Å²) in [6.07, 6.45) is 0. The van der Waals surface area contributed by atoms with Gasteiger partial charge in [-0.25, -0.2) is 18.6 Å². The van der Waals surface area contributed by atoms with E-state index in [2.05, 4.69) is 16.6 Å². The molecule has 0 bridgehead atoms. The van der Waals surface area contributed by atoms with Gasteiger partial charge in [-0.3, -0.25) is 4.40 Å². The minimum atomic E-state index is -4.55. The Bertz CT molecular complexity index is 796. The number of hydrogen-bond acceptors (Lipinski definition) is 3. The lowest BCUT2D eigenvalue weighted by molar-refractivity contribution is 0.0517. The molecule has 124 valence electrons. The smallest absolute Gasteiger partial charge is 0.376 e. The van der Waals surface area contributed by atoms with Crippen LogP contribution in [0.3, 0.4) is 0 Å². The molecule has 0 aliphatic heterocycles. The summed E-state index contributed by atoms with van der Waals surface area (Å²) < 4.78 is 59.2. The Morgan fingerprint density at radius 1 is 1.39 bits per heavy atom. The Labute approximate surface area is 133 Å². The number of esters is 1. The first-order chi connectivity index (χ1) is 10.7. The van der Waals surface area contributed by atoms with E-state index in [-0.39, 0.29) is 12.3 Å². The van der Waals surface area contributed by atoms with Gasteiger partial charge in [-0.2, -0.15) is 8.78 Å². The number of pyridine rings is 1. The summed E-state index contributed by atoms with van der Waals surface area (Å²) in [6, 6.07) is 4.54. The minimum absolute atomic E-state index is 0.0448. The van der Waals surface area contributed by atoms with E-state index in [1.54, 1.807) is 19.1 Å². The maximum atomic E-state index is 14.1. The quantitative estimate of drug-likeness (QED) is 0.470. The number of aryl methyl sites for hydroxylation is 1. The van der Waals surface area contributed by atoms with Crippen molar-refractivity contribution in [3.8, 4) is 0 Å². The molecule has 0 amide bonds. The van der Waals surface area contributed by atoms with Gasteiger partial charge in [-0.05, 0) is 37.6 Å². The number of imidazole rings is 1. The summed E-state index contributed by atoms with van der Waals surface area (Å²) in [5.74, 6) is -5.56. The Hall–Kier alpha value is -2.09. The second kappa shape index (κ2) is 6.19. The number of carbonyl (C=O) groups is 1. The highest BCUT2D eigenvalue weighted by atomic mass is 35.5. The highest BCUT2D eigenvalue weighted by Gasteiger charge is 2.38. The van der Waals surface area contributed by atoms with Crippen molar-refractivity contribution in [2.24, 2.45) is 0 Å². The van der Waals surface area contributed by atoms with E-state index in [4.69, 9.17) is 4.74 Å². The first-order valence-corrected chi connectivity index (χ1v) is 6.84. The largest absolute Gasteiger partial charge is 0.461 e. The first-order valence-electron chi connectivity index (χ1n) is 6.46. The topological polar surface area (TPSA) is 43.6 Å². The van der Waals surface area contributed by atoms with E-state index < -0.39 is 34.4 Å². The Morgan fingerprint density at radius 3 is 2.61 bits per heavy atom. The van der Waals surface area contributed by atoms with Crippen LogP contribution in [0, 0.1) is 6.92 Å². The van der Waals surface area contributed by atoms with Crippen LogP contribution in [0.2, 0.25) is 0 Å². The van der Waals surface area contributed by atoms with Crippen LogP contribution in [-0.4, -0.2) is 27.3 Å². The van der Waals surface area contributed by atoms with Crippen molar-refractivity contribution in [2.45, 2.75) is 19.2 Å². The lowest BCUT2D eigenvalue weighted by atomic mass is 10.2. The van der Waals surface area contributed by atoms with Crippen molar-refractivity contribution < 1.29 is 27.1 Å². The van der Waals surface area contributed by atoms with Crippen LogP contribution in [0.25, 0.3) is 11.5 Å². The highest BCUT2D eigenvalue weighted by Crippen LogP contribution is 2.37. The number of carbonyl (C=O) groups excluding carboxylic acids is 1. The molecule has 2 aromatic heterocycles. The molecule has 0 saturated heterocycles. The van der Waals surface area contributed by atoms with Crippen molar-refractivity contribution in [3.05, 3.63) is 41.1 Å². The summed E-state index contributed by atoms with van der Waals surface area (Å²) in [5, 5.41) is -4.55. The van der Waals surface area contributed by atoms with E-state index in [0.717, 1.165) is 0 Å². The predicted octanol–water partition coefficient (Wildman–Crippen LogP) is 4.26. The molecule has 0 aliphatic rings. The summed E-state index contributed by atoms with van der Waals surface area (Å²) in [5.41, 5.74) is -0.858. The number of fused-ring (bicyclic) bond motifs is 1. The molecule has 9 heteroatoms. The third-order valence-electron chi connectivity index (χ3n) is 2.96. The summed E-state index contributed by atoms with van der Waals surface area (Å²) in [7, 11) is 0. The second-order valence-corrected chi connectivity index (χ2v) is 4.99. The summed E-state index contributed by atoms with van der Waals surface area (Å²) in [4.78, 5) is 15.8. The molecule has 23 heavy (non-hydrogen) atoms. The second-order valence-electron chi connectivity index (χ2n) is 4.52. The monoisotopic (exact) mass is 350 g/mol. The van der Waals surface area contributed by atoms with Crippen molar-refractivity contribution in [1.29, 1.82) is 0 Å². The Balaban J connectivity index is 2.81. The van der Waals surface area contributed by atoms with Crippen molar-refractivity contribution in [3.63, 3.8) is 0 Å². The fraction of sp³-hybridized carbons (Fsp3) is 0.286. The maximum absolute atomic E-state index is 14.1. The third-order valence-corrected chi connectivity index (χ3v) is 3.12. The molecule has 2 rings (SSSR count). The highest BCUT2D eigenvalue weighted by molar-refractivity contribution is 6.23. The molecule has 0 spiro atoms. The summed E-state index contributed by atoms with van der Waals surface area (Å²) in [6.45, 7) is 3.04. The number of rotatable bonds is 4. The molecule has 0 aliphatic carbocycles. The van der Waals surface area contributed by atoms with Gasteiger partial charge in [-0.1, -0.05) is 6.07 Å². The van der Waals surface area contributed by atoms with Crippen LogP contribution in [0.5, 0.6) is 0 Å². The zero-order valence-corrected chi connectivity index (χ0v) is 12.8. The van der Waals surface area contributed by atoms with Gasteiger partial charge in [0.25, 0.3) is 0 Å². The van der Waals surface area contributed by atoms with Gasteiger partial charge in [0.1, 0.15) is 11.3 Å². The molecule has 2 heterocycles. The number of aromatic nitrogens is 2. The normalized spacial score (nSPS) is 13.2. The average Bonchev–Trinajstić information content (AvgIpc) is 2.86. The molecule has 0 aromatic carbocycles. The predicted molar refractivity (Wildman–Crippen MR) is 75.8 cm³/mol. The lowest BCUT2D eigenvalue weighted by Crippen LogP contribution is -2.13. The molecule has 4 nitrogen and oxygen atoms in total. The maximum Gasteiger partial charge on any atom is 0.376 e. The zero-order chi connectivity index (χ0) is 17.4. The van der Waals surface area contributed by atoms with E-state index >= 15 is 0 Å². The number of ether oxygens (including phenoxy) is 1. The van der Waals surface area contributed by atoms with Crippen LogP contribution in [0.4, 0.5) is 17.6 Å². The van der Waals surface area contributed by atoms with Crippen LogP contribution < -0.4 is 0 Å². The van der Waals surface area contributed by atoms with Crippen molar-refractivity contribution in [1.82, 2.24) is 9.38 Å². The van der Waals surface area contributed by atoms with E-state index in [1.807, 2.05) is 0 Å². The van der Waals surface area contributed by atoms with Crippen molar-refractivity contribution in [2.75, 3.05) is 6.61 Å². The number of hydrogen-bond donors (Lipinski definition) is 0. The standard InChI is InChI=1S/C14H11ClF4N2O2/c1-3-23-13(22)11-10(9(16)12(17)14(15,18)19)20-8-6-4-5-7(2)21(8)11/h4-6H,3H2,1-2H3/b12-9+. The molecule has 2 aromatic rings. The van der Waals surface area contributed by atoms with E-state index in [1.165, 1.54) is 17.4 Å². The molecule has 0 unspecified atom stereocenters. The lowest BCUT2D eigenvalue weighted by Gasteiger charge is -2.08. The minimum Gasteiger partial charge on any atom is -0.461 e. The van der Waals surface area contributed by atoms with Gasteiger partial charge in [0.2, 0.25) is 5.83 Å². The average molecular weight is 351 g/mol. The van der Waals surface area contributed by atoms with Crippen molar-refractivity contribution >= 4 is 29.0 Å². The Kier molecular flexibility index (Phi) is 4.65. The number of nitrogens with zero attached hydrogens (tertiary/aromatic N) is 2. The van der Waals surface area contributed by atoms with Crippen LogP contribution in [0.15, 0.2) is 24.0 Å².